The summed E-state index contributed by atoms with van der Waals surface area (Å²) >= 11 is 0. The highest BCUT2D eigenvalue weighted by Gasteiger charge is 2.26. The number of morpholine rings is 1. The number of hydrogen-bond acceptors (Lipinski definition) is 5. The zero-order chi connectivity index (χ0) is 20.8. The summed E-state index contributed by atoms with van der Waals surface area (Å²) in [6.45, 7) is 2.95. The van der Waals surface area contributed by atoms with Gasteiger partial charge >= 0.3 is 0 Å². The van der Waals surface area contributed by atoms with Crippen molar-refractivity contribution in [2.24, 2.45) is 12.0 Å². The second-order valence-electron chi connectivity index (χ2n) is 7.44. The minimum absolute atomic E-state index is 0.000898. The average Bonchev–Trinajstić information content (AvgIpc) is 3.17. The molecule has 2 atom stereocenters. The zero-order valence-electron chi connectivity index (χ0n) is 18.0. The summed E-state index contributed by atoms with van der Waals surface area (Å²) in [5.74, 6) is 1.75. The number of aryl methyl sites for hydroxylation is 1. The molecule has 1 N–H and O–H groups in total. The van der Waals surface area contributed by atoms with Crippen LogP contribution in [0.4, 0.5) is 0 Å². The molecule has 2 aromatic rings. The van der Waals surface area contributed by atoms with Gasteiger partial charge in [-0.25, -0.2) is 0 Å². The third kappa shape index (κ3) is 5.27. The Kier molecular flexibility index (Phi) is 7.11. The molecule has 0 radical (unpaired) electrons. The van der Waals surface area contributed by atoms with Crippen molar-refractivity contribution in [2.45, 2.75) is 12.1 Å². The van der Waals surface area contributed by atoms with E-state index in [9.17, 15) is 0 Å². The van der Waals surface area contributed by atoms with Crippen molar-refractivity contribution in [1.82, 2.24) is 24.9 Å². The molecule has 2 heterocycles. The fraction of sp³-hybridized carbons (Fsp3) is 0.524. The summed E-state index contributed by atoms with van der Waals surface area (Å²) in [5, 5.41) is 7.82. The van der Waals surface area contributed by atoms with E-state index >= 15 is 0 Å². The number of methoxy groups -OCH3 is 1. The molecule has 158 valence electrons. The Hall–Kier alpha value is -2.58. The first kappa shape index (κ1) is 21.1. The van der Waals surface area contributed by atoms with Crippen LogP contribution < -0.4 is 10.1 Å². The first-order valence-corrected chi connectivity index (χ1v) is 9.88. The number of nitrogens with zero attached hydrogens (tertiary/aromatic N) is 5. The highest BCUT2D eigenvalue weighted by atomic mass is 16.5. The van der Waals surface area contributed by atoms with E-state index < -0.39 is 0 Å². The molecule has 1 saturated heterocycles. The maximum atomic E-state index is 5.96. The molecule has 0 spiro atoms. The van der Waals surface area contributed by atoms with Crippen molar-refractivity contribution in [3.8, 4) is 5.75 Å². The molecular formula is C21H32N6O2. The standard InChI is InChI=1S/C21H32N6O2/c1-22-21(27-9-10-29-20(15-27)17-12-24-26(4)14-17)23-13-19(25(2)3)16-7-6-8-18(11-16)28-5/h6-8,11-12,14,19-20H,9-10,13,15H2,1-5H3,(H,22,23). The number of benzene rings is 1. The third-order valence-electron chi connectivity index (χ3n) is 5.23. The van der Waals surface area contributed by atoms with Gasteiger partial charge in [0.15, 0.2) is 5.96 Å². The predicted octanol–water partition coefficient (Wildman–Crippen LogP) is 1.68. The van der Waals surface area contributed by atoms with Crippen LogP contribution in [0.15, 0.2) is 41.7 Å². The van der Waals surface area contributed by atoms with E-state index in [2.05, 4.69) is 51.4 Å². The highest BCUT2D eigenvalue weighted by molar-refractivity contribution is 5.80. The van der Waals surface area contributed by atoms with Crippen LogP contribution in [-0.4, -0.2) is 80.0 Å². The summed E-state index contributed by atoms with van der Waals surface area (Å²) in [4.78, 5) is 8.97. The van der Waals surface area contributed by atoms with Gasteiger partial charge in [0, 0.05) is 38.9 Å². The second kappa shape index (κ2) is 9.76. The van der Waals surface area contributed by atoms with Gasteiger partial charge in [0.2, 0.25) is 0 Å². The molecule has 2 unspecified atom stereocenters. The fourth-order valence-corrected chi connectivity index (χ4v) is 3.62. The molecule has 1 fully saturated rings. The van der Waals surface area contributed by atoms with Crippen LogP contribution in [-0.2, 0) is 11.8 Å². The maximum Gasteiger partial charge on any atom is 0.193 e. The molecule has 0 bridgehead atoms. The van der Waals surface area contributed by atoms with Gasteiger partial charge < -0.3 is 24.6 Å². The number of guanidine groups is 1. The largest absolute Gasteiger partial charge is 0.497 e. The molecule has 3 rings (SSSR count). The van der Waals surface area contributed by atoms with Gasteiger partial charge in [0.05, 0.1) is 32.5 Å². The third-order valence-corrected chi connectivity index (χ3v) is 5.23. The molecule has 1 aliphatic heterocycles. The summed E-state index contributed by atoms with van der Waals surface area (Å²) in [5.41, 5.74) is 2.29. The lowest BCUT2D eigenvalue weighted by Crippen LogP contribution is -2.49. The second-order valence-corrected chi connectivity index (χ2v) is 7.44. The number of likely N-dealkylation sites (N-methyl/N-ethyl adjacent to an activating group) is 1. The van der Waals surface area contributed by atoms with E-state index in [1.807, 2.05) is 38.6 Å². The minimum atomic E-state index is -0.000898. The van der Waals surface area contributed by atoms with Crippen molar-refractivity contribution in [1.29, 1.82) is 0 Å². The van der Waals surface area contributed by atoms with Crippen molar-refractivity contribution >= 4 is 5.96 Å². The van der Waals surface area contributed by atoms with Crippen LogP contribution in [0.2, 0.25) is 0 Å². The van der Waals surface area contributed by atoms with Crippen molar-refractivity contribution in [2.75, 3.05) is 54.5 Å². The Morgan fingerprint density at radius 2 is 2.28 bits per heavy atom. The highest BCUT2D eigenvalue weighted by Crippen LogP contribution is 2.23. The van der Waals surface area contributed by atoms with E-state index in [1.165, 1.54) is 5.56 Å². The van der Waals surface area contributed by atoms with E-state index in [4.69, 9.17) is 9.47 Å². The van der Waals surface area contributed by atoms with E-state index in [0.29, 0.717) is 6.61 Å². The Labute approximate surface area is 173 Å². The number of ether oxygens (including phenoxy) is 2. The van der Waals surface area contributed by atoms with Crippen molar-refractivity contribution in [3.05, 3.63) is 47.8 Å². The number of aliphatic imine (C=N–C) groups is 1. The van der Waals surface area contributed by atoms with E-state index in [1.54, 1.807) is 11.8 Å². The SMILES string of the molecule is CN=C(NCC(c1cccc(OC)c1)N(C)C)N1CCOC(c2cnn(C)c2)C1. The lowest BCUT2D eigenvalue weighted by atomic mass is 10.1. The van der Waals surface area contributed by atoms with Crippen molar-refractivity contribution < 1.29 is 9.47 Å². The molecule has 29 heavy (non-hydrogen) atoms. The molecule has 8 heteroatoms. The summed E-state index contributed by atoms with van der Waals surface area (Å²) < 4.78 is 13.2. The molecule has 1 aliphatic rings. The Balaban J connectivity index is 1.66. The summed E-state index contributed by atoms with van der Waals surface area (Å²) in [6.07, 6.45) is 3.88. The molecule has 8 nitrogen and oxygen atoms in total. The topological polar surface area (TPSA) is 67.2 Å². The van der Waals surface area contributed by atoms with E-state index in [0.717, 1.165) is 36.9 Å². The monoisotopic (exact) mass is 400 g/mol. The molecule has 0 amide bonds. The predicted molar refractivity (Wildman–Crippen MR) is 114 cm³/mol. The smallest absolute Gasteiger partial charge is 0.193 e. The molecule has 0 aliphatic carbocycles. The number of nitrogens with one attached hydrogen (secondary N) is 1. The van der Waals surface area contributed by atoms with Gasteiger partial charge in [0.25, 0.3) is 0 Å². The quantitative estimate of drug-likeness (QED) is 0.588. The molecule has 1 aromatic carbocycles. The summed E-state index contributed by atoms with van der Waals surface area (Å²) in [7, 11) is 9.61. The van der Waals surface area contributed by atoms with Crippen LogP contribution in [0, 0.1) is 0 Å². The first-order valence-electron chi connectivity index (χ1n) is 9.88. The van der Waals surface area contributed by atoms with Crippen LogP contribution in [0.5, 0.6) is 5.75 Å². The number of rotatable bonds is 6. The van der Waals surface area contributed by atoms with E-state index in [-0.39, 0.29) is 12.1 Å². The average molecular weight is 401 g/mol. The molecular weight excluding hydrogens is 368 g/mol. The van der Waals surface area contributed by atoms with Crippen LogP contribution in [0.3, 0.4) is 0 Å². The Morgan fingerprint density at radius 1 is 1.45 bits per heavy atom. The van der Waals surface area contributed by atoms with Gasteiger partial charge in [-0.1, -0.05) is 12.1 Å². The first-order chi connectivity index (χ1) is 14.0. The minimum Gasteiger partial charge on any atom is -0.497 e. The van der Waals surface area contributed by atoms with Crippen LogP contribution in [0.1, 0.15) is 23.3 Å². The summed E-state index contributed by atoms with van der Waals surface area (Å²) in [6, 6.07) is 8.40. The zero-order valence-corrected chi connectivity index (χ0v) is 18.0. The van der Waals surface area contributed by atoms with Crippen LogP contribution >= 0.6 is 0 Å². The normalized spacial score (nSPS) is 18.8. The Bertz CT molecular complexity index is 819. The van der Waals surface area contributed by atoms with Gasteiger partial charge in [-0.05, 0) is 31.8 Å². The van der Waals surface area contributed by atoms with Crippen molar-refractivity contribution in [3.63, 3.8) is 0 Å². The van der Waals surface area contributed by atoms with Gasteiger partial charge in [0.1, 0.15) is 11.9 Å². The Morgan fingerprint density at radius 3 is 2.93 bits per heavy atom. The molecule has 1 aromatic heterocycles. The fourth-order valence-electron chi connectivity index (χ4n) is 3.62. The maximum absolute atomic E-state index is 5.96. The van der Waals surface area contributed by atoms with Gasteiger partial charge in [-0.3, -0.25) is 9.67 Å². The lowest BCUT2D eigenvalue weighted by molar-refractivity contribution is -0.00811. The molecule has 0 saturated carbocycles. The number of hydrogen-bond donors (Lipinski definition) is 1. The number of aromatic nitrogens is 2. The van der Waals surface area contributed by atoms with Crippen LogP contribution in [0.25, 0.3) is 0 Å². The lowest BCUT2D eigenvalue weighted by Gasteiger charge is -2.35. The van der Waals surface area contributed by atoms with Gasteiger partial charge in [-0.2, -0.15) is 5.10 Å². The van der Waals surface area contributed by atoms with Gasteiger partial charge in [-0.15, -0.1) is 0 Å².